The van der Waals surface area contributed by atoms with Crippen LogP contribution in [0.1, 0.15) is 33.9 Å². The molecule has 1 aliphatic heterocycles. The molecule has 2 heterocycles. The molecule has 126 valence electrons. The number of carbonyl (C=O) groups is 1. The lowest BCUT2D eigenvalue weighted by Crippen LogP contribution is -2.32. The maximum absolute atomic E-state index is 13.3. The molecule has 1 N–H and O–H groups in total. The van der Waals surface area contributed by atoms with E-state index in [4.69, 9.17) is 0 Å². The summed E-state index contributed by atoms with van der Waals surface area (Å²) in [6.45, 7) is -0.0371. The van der Waals surface area contributed by atoms with Crippen molar-refractivity contribution >= 4 is 5.91 Å². The van der Waals surface area contributed by atoms with E-state index in [1.54, 1.807) is 0 Å². The standard InChI is InChI=1S/C16H14F3N3O2/c17-16(18,19)13-4-2-1-3-12(13)14-5-11(23)8-22(14)15(24)10-6-20-9-21-7-10/h1-4,6-7,9,11,14,23H,5,8H2. The number of rotatable bonds is 2. The van der Waals surface area contributed by atoms with Gasteiger partial charge in [-0.1, -0.05) is 18.2 Å². The maximum atomic E-state index is 13.3. The van der Waals surface area contributed by atoms with Gasteiger partial charge in [-0.15, -0.1) is 0 Å². The summed E-state index contributed by atoms with van der Waals surface area (Å²) in [5.74, 6) is -0.505. The van der Waals surface area contributed by atoms with Crippen LogP contribution >= 0.6 is 0 Å². The van der Waals surface area contributed by atoms with Crippen molar-refractivity contribution in [2.45, 2.75) is 24.7 Å². The van der Waals surface area contributed by atoms with Gasteiger partial charge in [-0.05, 0) is 18.1 Å². The third-order valence-electron chi connectivity index (χ3n) is 3.97. The molecular weight excluding hydrogens is 323 g/mol. The maximum Gasteiger partial charge on any atom is 0.416 e. The van der Waals surface area contributed by atoms with Gasteiger partial charge in [-0.3, -0.25) is 4.79 Å². The number of alkyl halides is 3. The molecule has 1 fully saturated rings. The zero-order chi connectivity index (χ0) is 17.3. The van der Waals surface area contributed by atoms with E-state index in [9.17, 15) is 23.1 Å². The lowest BCUT2D eigenvalue weighted by atomic mass is 9.97. The van der Waals surface area contributed by atoms with Crippen LogP contribution in [0.5, 0.6) is 0 Å². The van der Waals surface area contributed by atoms with Crippen molar-refractivity contribution in [2.24, 2.45) is 0 Å². The van der Waals surface area contributed by atoms with Crippen LogP contribution in [0, 0.1) is 0 Å². The minimum absolute atomic E-state index is 0.0215. The minimum Gasteiger partial charge on any atom is -0.391 e. The van der Waals surface area contributed by atoms with Crippen LogP contribution in [-0.4, -0.2) is 38.5 Å². The molecule has 24 heavy (non-hydrogen) atoms. The molecule has 1 saturated heterocycles. The number of hydrogen-bond donors (Lipinski definition) is 1. The summed E-state index contributed by atoms with van der Waals surface area (Å²) in [6.07, 6.45) is -1.52. The highest BCUT2D eigenvalue weighted by molar-refractivity contribution is 5.94. The van der Waals surface area contributed by atoms with Crippen molar-refractivity contribution in [3.63, 3.8) is 0 Å². The molecule has 0 bridgehead atoms. The molecule has 0 spiro atoms. The Morgan fingerprint density at radius 1 is 1.21 bits per heavy atom. The van der Waals surface area contributed by atoms with E-state index >= 15 is 0 Å². The molecule has 1 amide bonds. The quantitative estimate of drug-likeness (QED) is 0.914. The molecule has 1 aromatic heterocycles. The SMILES string of the molecule is O=C(c1cncnc1)N1CC(O)CC1c1ccccc1C(F)(F)F. The average molecular weight is 337 g/mol. The van der Waals surface area contributed by atoms with Crippen LogP contribution in [0.2, 0.25) is 0 Å². The van der Waals surface area contributed by atoms with Crippen LogP contribution in [0.3, 0.4) is 0 Å². The van der Waals surface area contributed by atoms with E-state index in [1.165, 1.54) is 41.8 Å². The summed E-state index contributed by atoms with van der Waals surface area (Å²) in [5.41, 5.74) is -0.654. The Kier molecular flexibility index (Phi) is 4.23. The second-order valence-electron chi connectivity index (χ2n) is 5.58. The fraction of sp³-hybridized carbons (Fsp3) is 0.312. The highest BCUT2D eigenvalue weighted by Gasteiger charge is 2.41. The molecule has 2 atom stereocenters. The molecule has 0 saturated carbocycles. The number of aromatic nitrogens is 2. The summed E-state index contributed by atoms with van der Waals surface area (Å²) >= 11 is 0. The second-order valence-corrected chi connectivity index (χ2v) is 5.58. The van der Waals surface area contributed by atoms with Gasteiger partial charge >= 0.3 is 6.18 Å². The molecule has 5 nitrogen and oxygen atoms in total. The van der Waals surface area contributed by atoms with Crippen molar-refractivity contribution in [1.29, 1.82) is 0 Å². The van der Waals surface area contributed by atoms with Crippen molar-refractivity contribution in [2.75, 3.05) is 6.54 Å². The van der Waals surface area contributed by atoms with Crippen LogP contribution in [-0.2, 0) is 6.18 Å². The predicted octanol–water partition coefficient (Wildman–Crippen LogP) is 2.44. The number of likely N-dealkylation sites (tertiary alicyclic amines) is 1. The van der Waals surface area contributed by atoms with Crippen molar-refractivity contribution < 1.29 is 23.1 Å². The summed E-state index contributed by atoms with van der Waals surface area (Å²) in [5, 5.41) is 9.91. The lowest BCUT2D eigenvalue weighted by Gasteiger charge is -2.27. The van der Waals surface area contributed by atoms with E-state index < -0.39 is 29.8 Å². The molecule has 8 heteroatoms. The van der Waals surface area contributed by atoms with Crippen LogP contribution in [0.4, 0.5) is 13.2 Å². The van der Waals surface area contributed by atoms with Gasteiger partial charge in [0.1, 0.15) is 6.33 Å². The van der Waals surface area contributed by atoms with Gasteiger partial charge in [0, 0.05) is 18.9 Å². The largest absolute Gasteiger partial charge is 0.416 e. The van der Waals surface area contributed by atoms with E-state index in [-0.39, 0.29) is 24.1 Å². The van der Waals surface area contributed by atoms with Gasteiger partial charge in [0.25, 0.3) is 5.91 Å². The number of aliphatic hydroxyl groups is 1. The number of benzene rings is 1. The molecule has 0 aliphatic carbocycles. The Morgan fingerprint density at radius 2 is 1.88 bits per heavy atom. The molecule has 3 rings (SSSR count). The van der Waals surface area contributed by atoms with Crippen molar-refractivity contribution in [3.05, 3.63) is 59.7 Å². The Bertz CT molecular complexity index is 737. The number of hydrogen-bond acceptors (Lipinski definition) is 4. The molecule has 2 aromatic rings. The molecule has 0 radical (unpaired) electrons. The van der Waals surface area contributed by atoms with Gasteiger partial charge in [-0.2, -0.15) is 13.2 Å². The van der Waals surface area contributed by atoms with Gasteiger partial charge < -0.3 is 10.0 Å². The van der Waals surface area contributed by atoms with Gasteiger partial charge in [0.05, 0.1) is 23.3 Å². The third-order valence-corrected chi connectivity index (χ3v) is 3.97. The Balaban J connectivity index is 1.99. The Labute approximate surface area is 135 Å². The van der Waals surface area contributed by atoms with E-state index in [0.29, 0.717) is 0 Å². The first-order valence-corrected chi connectivity index (χ1v) is 7.28. The molecule has 2 unspecified atom stereocenters. The van der Waals surface area contributed by atoms with Gasteiger partial charge in [0.15, 0.2) is 0 Å². The highest BCUT2D eigenvalue weighted by atomic mass is 19.4. The Morgan fingerprint density at radius 3 is 2.54 bits per heavy atom. The van der Waals surface area contributed by atoms with Crippen molar-refractivity contribution in [3.8, 4) is 0 Å². The fourth-order valence-electron chi connectivity index (χ4n) is 2.95. The minimum atomic E-state index is -4.53. The van der Waals surface area contributed by atoms with Crippen LogP contribution < -0.4 is 0 Å². The second kappa shape index (κ2) is 6.20. The number of halogens is 3. The van der Waals surface area contributed by atoms with Crippen LogP contribution in [0.25, 0.3) is 0 Å². The normalized spacial score (nSPS) is 21.1. The molecule has 1 aliphatic rings. The summed E-state index contributed by atoms with van der Waals surface area (Å²) in [4.78, 5) is 21.3. The first kappa shape index (κ1) is 16.4. The first-order chi connectivity index (χ1) is 11.4. The van der Waals surface area contributed by atoms with Gasteiger partial charge in [0.2, 0.25) is 0 Å². The van der Waals surface area contributed by atoms with Crippen LogP contribution in [0.15, 0.2) is 43.0 Å². The van der Waals surface area contributed by atoms with Crippen molar-refractivity contribution in [1.82, 2.24) is 14.9 Å². The monoisotopic (exact) mass is 337 g/mol. The summed E-state index contributed by atoms with van der Waals surface area (Å²) < 4.78 is 39.8. The van der Waals surface area contributed by atoms with E-state index in [2.05, 4.69) is 9.97 Å². The smallest absolute Gasteiger partial charge is 0.391 e. The fourth-order valence-corrected chi connectivity index (χ4v) is 2.95. The number of aliphatic hydroxyl groups excluding tert-OH is 1. The number of β-amino-alcohol motifs (C(OH)–C–C–N with tert-alkyl or cyclic N) is 1. The number of amides is 1. The molecular formula is C16H14F3N3O2. The van der Waals surface area contributed by atoms with E-state index in [0.717, 1.165) is 6.07 Å². The zero-order valence-electron chi connectivity index (χ0n) is 12.4. The highest BCUT2D eigenvalue weighted by Crippen LogP contribution is 2.40. The predicted molar refractivity (Wildman–Crippen MR) is 77.9 cm³/mol. The summed E-state index contributed by atoms with van der Waals surface area (Å²) in [7, 11) is 0. The number of nitrogens with zero attached hydrogens (tertiary/aromatic N) is 3. The topological polar surface area (TPSA) is 66.3 Å². The first-order valence-electron chi connectivity index (χ1n) is 7.28. The van der Waals surface area contributed by atoms with Gasteiger partial charge in [-0.25, -0.2) is 9.97 Å². The third kappa shape index (κ3) is 3.09. The number of carbonyl (C=O) groups excluding carboxylic acids is 1. The Hall–Kier alpha value is -2.48. The lowest BCUT2D eigenvalue weighted by molar-refractivity contribution is -0.138. The van der Waals surface area contributed by atoms with E-state index in [1.807, 2.05) is 0 Å². The zero-order valence-corrected chi connectivity index (χ0v) is 12.4. The average Bonchev–Trinajstić information content (AvgIpc) is 2.96. The summed E-state index contributed by atoms with van der Waals surface area (Å²) in [6, 6.07) is 4.26. The molecule has 1 aromatic carbocycles.